The van der Waals surface area contributed by atoms with Crippen molar-refractivity contribution in [2.24, 2.45) is 0 Å². The molecule has 8 aromatic rings. The van der Waals surface area contributed by atoms with Crippen LogP contribution >= 0.6 is 11.3 Å². The molecule has 1 aromatic heterocycles. The van der Waals surface area contributed by atoms with Crippen molar-refractivity contribution in [1.29, 1.82) is 0 Å². The SMILES string of the molecule is c1ccc(-c2ccc(N(c3ccc4ccccc4c3)c3ccccc3-c3cccc4c3sc3ccccc34)cc2)cc1. The van der Waals surface area contributed by atoms with Crippen molar-refractivity contribution >= 4 is 59.3 Å². The summed E-state index contributed by atoms with van der Waals surface area (Å²) in [5, 5.41) is 5.10. The molecule has 0 atom stereocenters. The predicted octanol–water partition coefficient (Wildman–Crippen LogP) is 12.0. The van der Waals surface area contributed by atoms with Gasteiger partial charge >= 0.3 is 0 Å². The van der Waals surface area contributed by atoms with Crippen LogP contribution in [-0.4, -0.2) is 0 Å². The first-order chi connectivity index (χ1) is 20.8. The van der Waals surface area contributed by atoms with Crippen molar-refractivity contribution in [2.45, 2.75) is 0 Å². The lowest BCUT2D eigenvalue weighted by Crippen LogP contribution is -2.11. The van der Waals surface area contributed by atoms with Gasteiger partial charge in [0.2, 0.25) is 0 Å². The maximum absolute atomic E-state index is 2.41. The molecular formula is C40H27NS. The summed E-state index contributed by atoms with van der Waals surface area (Å²) in [6.07, 6.45) is 0. The van der Waals surface area contributed by atoms with E-state index < -0.39 is 0 Å². The normalized spacial score (nSPS) is 11.3. The van der Waals surface area contributed by atoms with Gasteiger partial charge in [-0.25, -0.2) is 0 Å². The third-order valence-electron chi connectivity index (χ3n) is 8.06. The largest absolute Gasteiger partial charge is 0.310 e. The second kappa shape index (κ2) is 10.3. The average molecular weight is 554 g/mol. The third-order valence-corrected chi connectivity index (χ3v) is 9.28. The molecule has 1 nitrogen and oxygen atoms in total. The molecule has 2 heteroatoms. The van der Waals surface area contributed by atoms with Crippen molar-refractivity contribution in [1.82, 2.24) is 0 Å². The molecule has 1 heterocycles. The molecule has 0 aliphatic rings. The zero-order chi connectivity index (χ0) is 27.9. The molecule has 0 bridgehead atoms. The van der Waals surface area contributed by atoms with Gasteiger partial charge < -0.3 is 4.90 Å². The van der Waals surface area contributed by atoms with E-state index in [1.807, 2.05) is 11.3 Å². The first kappa shape index (κ1) is 24.6. The van der Waals surface area contributed by atoms with E-state index >= 15 is 0 Å². The molecule has 0 N–H and O–H groups in total. The number of nitrogens with zero attached hydrogens (tertiary/aromatic N) is 1. The Balaban J connectivity index is 1.34. The van der Waals surface area contributed by atoms with Crippen LogP contribution < -0.4 is 4.90 Å². The fraction of sp³-hybridized carbons (Fsp3) is 0. The Bertz CT molecular complexity index is 2190. The second-order valence-electron chi connectivity index (χ2n) is 10.6. The molecule has 0 aliphatic carbocycles. The third kappa shape index (κ3) is 4.25. The molecule has 0 aliphatic heterocycles. The molecule has 0 radical (unpaired) electrons. The molecule has 0 saturated heterocycles. The van der Waals surface area contributed by atoms with Crippen LogP contribution in [0, 0.1) is 0 Å². The number of benzene rings is 7. The maximum atomic E-state index is 2.41. The minimum Gasteiger partial charge on any atom is -0.310 e. The zero-order valence-corrected chi connectivity index (χ0v) is 23.8. The van der Waals surface area contributed by atoms with Gasteiger partial charge in [-0.05, 0) is 58.3 Å². The molecule has 8 rings (SSSR count). The van der Waals surface area contributed by atoms with Crippen LogP contribution in [-0.2, 0) is 0 Å². The van der Waals surface area contributed by atoms with Gasteiger partial charge in [0.25, 0.3) is 0 Å². The summed E-state index contributed by atoms with van der Waals surface area (Å²) in [6, 6.07) is 59.1. The van der Waals surface area contributed by atoms with Gasteiger partial charge in [0.15, 0.2) is 0 Å². The molecule has 0 saturated carbocycles. The lowest BCUT2D eigenvalue weighted by atomic mass is 9.99. The van der Waals surface area contributed by atoms with E-state index in [4.69, 9.17) is 0 Å². The summed E-state index contributed by atoms with van der Waals surface area (Å²) in [5.74, 6) is 0. The van der Waals surface area contributed by atoms with Crippen LogP contribution in [0.2, 0.25) is 0 Å². The number of thiophene rings is 1. The topological polar surface area (TPSA) is 3.24 Å². The van der Waals surface area contributed by atoms with Crippen LogP contribution in [0.1, 0.15) is 0 Å². The molecular weight excluding hydrogens is 527 g/mol. The van der Waals surface area contributed by atoms with Gasteiger partial charge in [-0.3, -0.25) is 0 Å². The second-order valence-corrected chi connectivity index (χ2v) is 11.6. The molecule has 42 heavy (non-hydrogen) atoms. The van der Waals surface area contributed by atoms with Crippen molar-refractivity contribution in [3.8, 4) is 22.3 Å². The van der Waals surface area contributed by atoms with E-state index in [1.54, 1.807) is 0 Å². The summed E-state index contributed by atoms with van der Waals surface area (Å²) in [5.41, 5.74) is 8.33. The van der Waals surface area contributed by atoms with Gasteiger partial charge in [-0.1, -0.05) is 127 Å². The maximum Gasteiger partial charge on any atom is 0.0540 e. The average Bonchev–Trinajstić information content (AvgIpc) is 3.45. The van der Waals surface area contributed by atoms with E-state index in [1.165, 1.54) is 53.2 Å². The van der Waals surface area contributed by atoms with E-state index in [9.17, 15) is 0 Å². The fourth-order valence-corrected chi connectivity index (χ4v) is 7.26. The summed E-state index contributed by atoms with van der Waals surface area (Å²) in [7, 11) is 0. The predicted molar refractivity (Wildman–Crippen MR) is 182 cm³/mol. The Morgan fingerprint density at radius 2 is 1.05 bits per heavy atom. The Hall–Kier alpha value is -5.18. The van der Waals surface area contributed by atoms with Gasteiger partial charge in [0.05, 0.1) is 5.69 Å². The van der Waals surface area contributed by atoms with Gasteiger partial charge in [0, 0.05) is 42.7 Å². The smallest absolute Gasteiger partial charge is 0.0540 e. The van der Waals surface area contributed by atoms with E-state index in [-0.39, 0.29) is 0 Å². The first-order valence-corrected chi connectivity index (χ1v) is 15.1. The van der Waals surface area contributed by atoms with E-state index in [0.717, 1.165) is 17.1 Å². The molecule has 0 fully saturated rings. The van der Waals surface area contributed by atoms with Gasteiger partial charge in [-0.2, -0.15) is 0 Å². The Morgan fingerprint density at radius 3 is 1.93 bits per heavy atom. The Labute approximate surface area is 249 Å². The van der Waals surface area contributed by atoms with Crippen molar-refractivity contribution in [3.05, 3.63) is 164 Å². The highest BCUT2D eigenvalue weighted by Crippen LogP contribution is 2.46. The fourth-order valence-electron chi connectivity index (χ4n) is 6.03. The van der Waals surface area contributed by atoms with Crippen LogP contribution in [0.4, 0.5) is 17.1 Å². The molecule has 7 aromatic carbocycles. The number of anilines is 3. The highest BCUT2D eigenvalue weighted by Gasteiger charge is 2.19. The standard InChI is InChI=1S/C40H27NS/c1-2-11-28(12-3-1)30-21-24-32(25-22-30)41(33-26-23-29-13-4-5-14-31(29)27-33)38-19-8-6-15-34(38)36-17-10-18-37-35-16-7-9-20-39(35)42-40(36)37/h1-27H. The highest BCUT2D eigenvalue weighted by molar-refractivity contribution is 7.26. The van der Waals surface area contributed by atoms with Crippen molar-refractivity contribution in [3.63, 3.8) is 0 Å². The zero-order valence-electron chi connectivity index (χ0n) is 22.9. The number of para-hydroxylation sites is 1. The van der Waals surface area contributed by atoms with E-state index in [2.05, 4.69) is 169 Å². The lowest BCUT2D eigenvalue weighted by Gasteiger charge is -2.28. The van der Waals surface area contributed by atoms with Gasteiger partial charge in [0.1, 0.15) is 0 Å². The number of hydrogen-bond donors (Lipinski definition) is 0. The summed E-state index contributed by atoms with van der Waals surface area (Å²) in [6.45, 7) is 0. The van der Waals surface area contributed by atoms with E-state index in [0.29, 0.717) is 0 Å². The molecule has 0 unspecified atom stereocenters. The Kier molecular flexibility index (Phi) is 6.05. The lowest BCUT2D eigenvalue weighted by molar-refractivity contribution is 1.29. The van der Waals surface area contributed by atoms with Crippen molar-refractivity contribution in [2.75, 3.05) is 4.90 Å². The minimum atomic E-state index is 1.13. The van der Waals surface area contributed by atoms with Crippen LogP contribution in [0.15, 0.2) is 164 Å². The van der Waals surface area contributed by atoms with Crippen LogP contribution in [0.5, 0.6) is 0 Å². The quantitative estimate of drug-likeness (QED) is 0.205. The summed E-state index contributed by atoms with van der Waals surface area (Å²) >= 11 is 1.88. The molecule has 198 valence electrons. The molecule has 0 spiro atoms. The Morgan fingerprint density at radius 1 is 0.405 bits per heavy atom. The number of fused-ring (bicyclic) bond motifs is 4. The minimum absolute atomic E-state index is 1.13. The monoisotopic (exact) mass is 553 g/mol. The van der Waals surface area contributed by atoms with Crippen LogP contribution in [0.3, 0.4) is 0 Å². The van der Waals surface area contributed by atoms with Gasteiger partial charge in [-0.15, -0.1) is 11.3 Å². The number of hydrogen-bond acceptors (Lipinski definition) is 2. The molecule has 0 amide bonds. The van der Waals surface area contributed by atoms with Crippen LogP contribution in [0.25, 0.3) is 53.2 Å². The van der Waals surface area contributed by atoms with Crippen molar-refractivity contribution < 1.29 is 0 Å². The highest BCUT2D eigenvalue weighted by atomic mass is 32.1. The summed E-state index contributed by atoms with van der Waals surface area (Å²) in [4.78, 5) is 2.41. The first-order valence-electron chi connectivity index (χ1n) is 14.3. The summed E-state index contributed by atoms with van der Waals surface area (Å²) < 4.78 is 2.64. The number of rotatable bonds is 5.